The van der Waals surface area contributed by atoms with Crippen molar-refractivity contribution in [3.8, 4) is 0 Å². The summed E-state index contributed by atoms with van der Waals surface area (Å²) < 4.78 is 30.0. The molecule has 2 unspecified atom stereocenters. The lowest BCUT2D eigenvalue weighted by Crippen LogP contribution is -2.34. The molecule has 0 bridgehead atoms. The quantitative estimate of drug-likeness (QED) is 0.390. The molecular formula is C3H6N2O3S2. The van der Waals surface area contributed by atoms with Gasteiger partial charge in [0.25, 0.3) is 0 Å². The van der Waals surface area contributed by atoms with Crippen LogP contribution in [-0.4, -0.2) is 29.6 Å². The van der Waals surface area contributed by atoms with E-state index in [1.807, 2.05) is 0 Å². The first-order valence-corrected chi connectivity index (χ1v) is 5.31. The van der Waals surface area contributed by atoms with Crippen molar-refractivity contribution >= 4 is 26.7 Å². The third-order valence-electron chi connectivity index (χ3n) is 1.08. The second-order valence-corrected chi connectivity index (χ2v) is 5.25. The number of hydrogen-bond acceptors (Lipinski definition) is 5. The van der Waals surface area contributed by atoms with Crippen LogP contribution >= 0.6 is 0 Å². The smallest absolute Gasteiger partial charge is 0.250 e. The standard InChI is InChI=1S/C3H6N2O3S2/c4-9-2-5-1-3(9)10(6,7)8/h2-3H,1,4H2. The number of nitrogens with zero attached hydrogens (tertiary/aromatic N) is 1. The summed E-state index contributed by atoms with van der Waals surface area (Å²) in [5, 5.41) is 5.26. The molecule has 5 nitrogen and oxygen atoms in total. The molecule has 1 rings (SSSR count). The predicted octanol–water partition coefficient (Wildman–Crippen LogP) is -1.61. The lowest BCUT2D eigenvalue weighted by Gasteiger charge is -2.08. The molecule has 0 saturated carbocycles. The van der Waals surface area contributed by atoms with E-state index in [9.17, 15) is 13.0 Å². The number of hydrogen-bond donors (Lipinski definition) is 1. The van der Waals surface area contributed by atoms with Crippen LogP contribution in [0.15, 0.2) is 4.99 Å². The summed E-state index contributed by atoms with van der Waals surface area (Å²) in [5.41, 5.74) is 1.32. The summed E-state index contributed by atoms with van der Waals surface area (Å²) >= 11 is -0.972. The van der Waals surface area contributed by atoms with Gasteiger partial charge in [0.2, 0.25) is 10.1 Å². The number of aliphatic imine (C=N–C) groups is 1. The minimum absolute atomic E-state index is 0.0193. The van der Waals surface area contributed by atoms with Gasteiger partial charge >= 0.3 is 0 Å². The van der Waals surface area contributed by atoms with E-state index in [4.69, 9.17) is 5.14 Å². The largest absolute Gasteiger partial charge is 0.744 e. The second kappa shape index (κ2) is 2.50. The molecule has 2 atom stereocenters. The fraction of sp³-hybridized carbons (Fsp3) is 0.667. The molecule has 1 heterocycles. The Balaban J connectivity index is 2.79. The van der Waals surface area contributed by atoms with Gasteiger partial charge in [0, 0.05) is 0 Å². The zero-order valence-corrected chi connectivity index (χ0v) is 6.56. The van der Waals surface area contributed by atoms with Crippen LogP contribution in [0, 0.1) is 0 Å². The topological polar surface area (TPSA) is 95.6 Å². The maximum atomic E-state index is 10.3. The Labute approximate surface area is 61.6 Å². The Hall–Kier alpha value is -0.110. The van der Waals surface area contributed by atoms with Crippen LogP contribution in [0.2, 0.25) is 0 Å². The van der Waals surface area contributed by atoms with Crippen molar-refractivity contribution in [1.29, 1.82) is 0 Å². The van der Waals surface area contributed by atoms with Crippen molar-refractivity contribution in [3.05, 3.63) is 0 Å². The lowest BCUT2D eigenvalue weighted by molar-refractivity contribution is 0.460. The Morgan fingerprint density at radius 1 is 1.80 bits per heavy atom. The van der Waals surface area contributed by atoms with Gasteiger partial charge in [-0.25, -0.2) is 13.4 Å². The Morgan fingerprint density at radius 2 is 2.40 bits per heavy atom. The molecule has 0 radical (unpaired) electrons. The van der Waals surface area contributed by atoms with E-state index in [2.05, 4.69) is 4.99 Å². The molecule has 0 aromatic heterocycles. The van der Waals surface area contributed by atoms with Crippen LogP contribution < -0.4 is 5.14 Å². The summed E-state index contributed by atoms with van der Waals surface area (Å²) in [7, 11) is -4.24. The molecule has 0 fully saturated rings. The molecule has 0 saturated heterocycles. The van der Waals surface area contributed by atoms with Crippen molar-refractivity contribution in [2.75, 3.05) is 6.54 Å². The van der Waals surface area contributed by atoms with Crippen LogP contribution in [0.3, 0.4) is 0 Å². The fourth-order valence-corrected chi connectivity index (χ4v) is 2.76. The summed E-state index contributed by atoms with van der Waals surface area (Å²) in [5.74, 6) is 0. The molecule has 0 aromatic rings. The van der Waals surface area contributed by atoms with Gasteiger partial charge in [0.05, 0.1) is 0 Å². The van der Waals surface area contributed by atoms with Crippen LogP contribution in [0.5, 0.6) is 0 Å². The van der Waals surface area contributed by atoms with Crippen LogP contribution in [0.4, 0.5) is 0 Å². The highest BCUT2D eigenvalue weighted by Crippen LogP contribution is 2.10. The first-order valence-electron chi connectivity index (χ1n) is 2.43. The van der Waals surface area contributed by atoms with Crippen LogP contribution in [-0.2, 0) is 21.2 Å². The first-order chi connectivity index (χ1) is 4.52. The summed E-state index contributed by atoms with van der Waals surface area (Å²) in [6.45, 7) is 0.0193. The zero-order valence-electron chi connectivity index (χ0n) is 4.93. The van der Waals surface area contributed by atoms with Gasteiger partial charge in [-0.1, -0.05) is 0 Å². The van der Waals surface area contributed by atoms with E-state index in [1.165, 1.54) is 5.55 Å². The van der Waals surface area contributed by atoms with E-state index in [0.717, 1.165) is 0 Å². The van der Waals surface area contributed by atoms with Gasteiger partial charge in [0.15, 0.2) is 0 Å². The molecule has 0 aliphatic carbocycles. The Bertz CT molecular complexity index is 246. The zero-order chi connectivity index (χ0) is 7.78. The highest BCUT2D eigenvalue weighted by molar-refractivity contribution is 8.17. The summed E-state index contributed by atoms with van der Waals surface area (Å²) in [4.78, 5) is 3.60. The molecule has 1 aliphatic rings. The highest BCUT2D eigenvalue weighted by atomic mass is 32.3. The summed E-state index contributed by atoms with van der Waals surface area (Å²) in [6, 6.07) is 0. The van der Waals surface area contributed by atoms with Crippen molar-refractivity contribution in [2.24, 2.45) is 10.1 Å². The predicted molar refractivity (Wildman–Crippen MR) is 38.4 cm³/mol. The molecular weight excluding hydrogens is 176 g/mol. The normalized spacial score (nSPS) is 33.0. The van der Waals surface area contributed by atoms with E-state index >= 15 is 0 Å². The average Bonchev–Trinajstić information content (AvgIpc) is 2.11. The molecule has 2 N–H and O–H groups in total. The maximum Gasteiger partial charge on any atom is 0.250 e. The molecule has 1 aliphatic heterocycles. The third kappa shape index (κ3) is 1.48. The van der Waals surface area contributed by atoms with Crippen molar-refractivity contribution in [3.63, 3.8) is 0 Å². The van der Waals surface area contributed by atoms with Crippen LogP contribution in [0.1, 0.15) is 0 Å². The molecule has 0 aromatic carbocycles. The van der Waals surface area contributed by atoms with E-state index in [1.54, 1.807) is 0 Å². The van der Waals surface area contributed by atoms with Crippen molar-refractivity contribution < 1.29 is 13.0 Å². The molecule has 58 valence electrons. The summed E-state index contributed by atoms with van der Waals surface area (Å²) in [6.07, 6.45) is 0. The van der Waals surface area contributed by atoms with Gasteiger partial charge in [-0.2, -0.15) is 0 Å². The fourth-order valence-electron chi connectivity index (χ4n) is 0.596. The minimum Gasteiger partial charge on any atom is -0.744 e. The second-order valence-electron chi connectivity index (χ2n) is 1.80. The van der Waals surface area contributed by atoms with E-state index in [-0.39, 0.29) is 6.54 Å². The van der Waals surface area contributed by atoms with Crippen molar-refractivity contribution in [1.82, 2.24) is 0 Å². The minimum atomic E-state index is -4.24. The van der Waals surface area contributed by atoms with Gasteiger partial charge in [-0.05, 0) is 0 Å². The van der Waals surface area contributed by atoms with Crippen LogP contribution in [0.25, 0.3) is 0 Å². The monoisotopic (exact) mass is 182 g/mol. The first kappa shape index (κ1) is 7.99. The van der Waals surface area contributed by atoms with Gasteiger partial charge in [-0.15, -0.1) is 5.14 Å². The maximum absolute atomic E-state index is 10.3. The average molecular weight is 182 g/mol. The Kier molecular flexibility index (Phi) is 1.99. The number of rotatable bonds is 1. The third-order valence-corrected chi connectivity index (χ3v) is 4.39. The van der Waals surface area contributed by atoms with E-state index in [0.29, 0.717) is 0 Å². The lowest BCUT2D eigenvalue weighted by atomic mass is 10.8. The van der Waals surface area contributed by atoms with E-state index < -0.39 is 25.8 Å². The molecule has 7 heteroatoms. The van der Waals surface area contributed by atoms with Gasteiger partial charge < -0.3 is 4.55 Å². The van der Waals surface area contributed by atoms with Gasteiger partial charge in [-0.3, -0.25) is 0 Å². The Morgan fingerprint density at radius 3 is 2.60 bits per heavy atom. The highest BCUT2D eigenvalue weighted by Gasteiger charge is 2.36. The molecule has 10 heavy (non-hydrogen) atoms. The molecule has 0 spiro atoms. The van der Waals surface area contributed by atoms with Crippen molar-refractivity contribution in [2.45, 2.75) is 4.58 Å². The molecule has 0 amide bonds. The van der Waals surface area contributed by atoms with Gasteiger partial charge in [0.1, 0.15) is 27.7 Å². The SMILES string of the molecule is N[S+]1C=NCC1S(=O)(=O)[O-]. The number of nitrogens with two attached hydrogens (primary N) is 1.